The maximum absolute atomic E-state index is 10.8. The van der Waals surface area contributed by atoms with Gasteiger partial charge in [0.25, 0.3) is 0 Å². The molecule has 0 rings (SSSR count). The number of hydrogen-bond donors (Lipinski definition) is 4. The summed E-state index contributed by atoms with van der Waals surface area (Å²) < 4.78 is 19.9. The molecule has 0 aliphatic rings. The van der Waals surface area contributed by atoms with Crippen molar-refractivity contribution in [3.8, 4) is 0 Å². The van der Waals surface area contributed by atoms with Crippen LogP contribution < -0.4 is 11.5 Å². The predicted molar refractivity (Wildman–Crippen MR) is 47.7 cm³/mol. The quantitative estimate of drug-likeness (QED) is 0.147. The normalized spacial score (nSPS) is 15.4. The summed E-state index contributed by atoms with van der Waals surface area (Å²) in [6.45, 7) is -0.658. The monoisotopic (exact) mass is 226 g/mol. The van der Waals surface area contributed by atoms with Crippen LogP contribution in [0.1, 0.15) is 0 Å². The molecule has 0 radical (unpaired) electrons. The van der Waals surface area contributed by atoms with Gasteiger partial charge in [0.1, 0.15) is 13.2 Å². The number of oxime groups is 2. The molecule has 0 aromatic heterocycles. The molecular weight excluding hydrogens is 215 g/mol. The van der Waals surface area contributed by atoms with Crippen molar-refractivity contribution in [3.63, 3.8) is 0 Å². The third-order valence-corrected chi connectivity index (χ3v) is 1.69. The molecule has 0 aromatic rings. The van der Waals surface area contributed by atoms with Gasteiger partial charge in [0.05, 0.1) is 0 Å². The fraction of sp³-hybridized carbons (Fsp3) is 0.500. The van der Waals surface area contributed by atoms with E-state index in [0.29, 0.717) is 0 Å². The third kappa shape index (κ3) is 6.23. The average molecular weight is 226 g/mol. The van der Waals surface area contributed by atoms with Gasteiger partial charge < -0.3 is 30.9 Å². The van der Waals surface area contributed by atoms with Gasteiger partial charge in [-0.1, -0.05) is 10.3 Å². The van der Waals surface area contributed by atoms with E-state index in [1.165, 1.54) is 0 Å². The fourth-order valence-corrected chi connectivity index (χ4v) is 0.980. The zero-order valence-electron chi connectivity index (χ0n) is 7.08. The van der Waals surface area contributed by atoms with Crippen molar-refractivity contribution in [2.24, 2.45) is 21.8 Å². The van der Waals surface area contributed by atoms with Crippen molar-refractivity contribution < 1.29 is 24.0 Å². The van der Waals surface area contributed by atoms with E-state index in [2.05, 4.69) is 19.4 Å². The van der Waals surface area contributed by atoms with Crippen molar-refractivity contribution in [1.82, 2.24) is 0 Å². The van der Waals surface area contributed by atoms with E-state index in [-0.39, 0.29) is 24.9 Å². The topological polar surface area (TPSA) is 153 Å². The van der Waals surface area contributed by atoms with Crippen LogP contribution in [0, 0.1) is 0 Å². The predicted octanol–water partition coefficient (Wildman–Crippen LogP) is -1.10. The van der Waals surface area contributed by atoms with Gasteiger partial charge in [0.2, 0.25) is 0 Å². The molecule has 0 aliphatic carbocycles. The van der Waals surface area contributed by atoms with E-state index in [9.17, 15) is 4.57 Å². The Morgan fingerprint density at radius 2 is 1.50 bits per heavy atom. The molecule has 0 bridgehead atoms. The lowest BCUT2D eigenvalue weighted by Gasteiger charge is -2.03. The minimum atomic E-state index is -2.79. The number of rotatable bonds is 6. The molecule has 0 spiro atoms. The molecule has 0 aliphatic heterocycles. The molecular formula is C4H11N4O5P. The van der Waals surface area contributed by atoms with Crippen LogP contribution in [0.4, 0.5) is 0 Å². The Kier molecular flexibility index (Phi) is 6.46. The molecule has 9 nitrogen and oxygen atoms in total. The average Bonchev–Trinajstić information content (AvgIpc) is 2.22. The van der Waals surface area contributed by atoms with Gasteiger partial charge in [-0.15, -0.1) is 0 Å². The van der Waals surface area contributed by atoms with Crippen molar-refractivity contribution >= 4 is 19.9 Å². The van der Waals surface area contributed by atoms with Gasteiger partial charge in [-0.2, -0.15) is 0 Å². The van der Waals surface area contributed by atoms with Gasteiger partial charge >= 0.3 is 8.25 Å². The number of nitrogens with zero attached hydrogens (tertiary/aromatic N) is 2. The van der Waals surface area contributed by atoms with E-state index < -0.39 is 8.25 Å². The Morgan fingerprint density at radius 1 is 1.14 bits per heavy atom. The lowest BCUT2D eigenvalue weighted by Crippen LogP contribution is -2.19. The molecule has 6 N–H and O–H groups in total. The summed E-state index contributed by atoms with van der Waals surface area (Å²) in [6.07, 6.45) is 0. The largest absolute Gasteiger partial charge is 0.409 e. The zero-order chi connectivity index (χ0) is 11.0. The maximum atomic E-state index is 10.8. The van der Waals surface area contributed by atoms with Gasteiger partial charge in [0, 0.05) is 0 Å². The summed E-state index contributed by atoms with van der Waals surface area (Å²) in [5.74, 6) is -0.480. The van der Waals surface area contributed by atoms with Gasteiger partial charge in [-0.3, -0.25) is 4.57 Å². The highest BCUT2D eigenvalue weighted by atomic mass is 31.1. The van der Waals surface area contributed by atoms with Crippen LogP contribution in [0.15, 0.2) is 10.3 Å². The molecule has 0 unspecified atom stereocenters. The minimum absolute atomic E-state index is 0.240. The highest BCUT2D eigenvalue weighted by Crippen LogP contribution is 2.22. The Labute approximate surface area is 79.9 Å². The lowest BCUT2D eigenvalue weighted by atomic mass is 10.7. The second-order valence-corrected chi connectivity index (χ2v) is 3.09. The summed E-state index contributed by atoms with van der Waals surface area (Å²) in [4.78, 5) is 0. The van der Waals surface area contributed by atoms with Crippen LogP contribution >= 0.6 is 8.25 Å². The van der Waals surface area contributed by atoms with E-state index in [1.54, 1.807) is 0 Å². The first kappa shape index (κ1) is 12.7. The van der Waals surface area contributed by atoms with Crippen molar-refractivity contribution in [2.45, 2.75) is 0 Å². The minimum Gasteiger partial charge on any atom is -0.409 e. The molecule has 0 aromatic carbocycles. The molecule has 10 heteroatoms. The number of amidine groups is 2. The van der Waals surface area contributed by atoms with Crippen LogP contribution in [0.5, 0.6) is 0 Å². The summed E-state index contributed by atoms with van der Waals surface area (Å²) in [5.41, 5.74) is 10.0. The molecule has 82 valence electrons. The first-order valence-electron chi connectivity index (χ1n) is 3.32. The first-order chi connectivity index (χ1) is 6.60. The zero-order valence-corrected chi connectivity index (χ0v) is 8.08. The second kappa shape index (κ2) is 7.13. The Balaban J connectivity index is 3.67. The van der Waals surface area contributed by atoms with E-state index in [0.717, 1.165) is 0 Å². The fourth-order valence-electron chi connectivity index (χ4n) is 0.365. The number of nitrogens with two attached hydrogens (primary N) is 2. The van der Waals surface area contributed by atoms with Gasteiger partial charge in [0.15, 0.2) is 11.7 Å². The second-order valence-electron chi connectivity index (χ2n) is 2.01. The Hall–Kier alpha value is -1.31. The van der Waals surface area contributed by atoms with Crippen LogP contribution in [0.2, 0.25) is 0 Å². The van der Waals surface area contributed by atoms with Crippen LogP contribution in [-0.2, 0) is 13.6 Å². The molecule has 0 saturated heterocycles. The van der Waals surface area contributed by atoms with Crippen molar-refractivity contribution in [1.29, 1.82) is 0 Å². The molecule has 0 heterocycles. The highest BCUT2D eigenvalue weighted by molar-refractivity contribution is 7.33. The lowest BCUT2D eigenvalue weighted by molar-refractivity contribution is 0.260. The van der Waals surface area contributed by atoms with E-state index in [4.69, 9.17) is 21.9 Å². The van der Waals surface area contributed by atoms with Crippen molar-refractivity contribution in [2.75, 3.05) is 13.2 Å². The van der Waals surface area contributed by atoms with Crippen LogP contribution in [-0.4, -0.2) is 35.3 Å². The van der Waals surface area contributed by atoms with Gasteiger partial charge in [-0.05, 0) is 0 Å². The molecule has 0 fully saturated rings. The molecule has 0 saturated carbocycles. The molecule has 14 heavy (non-hydrogen) atoms. The van der Waals surface area contributed by atoms with E-state index in [1.807, 2.05) is 0 Å². The standard InChI is InChI=1S/C4H11N4O5P/c5-3(7-9)1-12-14(11)13-2-4(6)8-10/h9-10,14H,1-2H2,(H2,5,7)(H2,6,8). The Bertz CT molecular complexity index is 230. The van der Waals surface area contributed by atoms with Crippen LogP contribution in [0.25, 0.3) is 0 Å². The Morgan fingerprint density at radius 3 is 1.79 bits per heavy atom. The van der Waals surface area contributed by atoms with Crippen LogP contribution in [0.3, 0.4) is 0 Å². The van der Waals surface area contributed by atoms with Gasteiger partial charge in [-0.25, -0.2) is 0 Å². The van der Waals surface area contributed by atoms with Crippen molar-refractivity contribution in [3.05, 3.63) is 0 Å². The third-order valence-electron chi connectivity index (χ3n) is 0.933. The SMILES string of the molecule is NC(CO[PH](=O)OCC(N)=NO)=NO. The molecule has 0 atom stereocenters. The number of hydrogen-bond acceptors (Lipinski definition) is 7. The van der Waals surface area contributed by atoms with E-state index >= 15 is 0 Å². The maximum Gasteiger partial charge on any atom is 0.320 e. The first-order valence-corrected chi connectivity index (χ1v) is 4.55. The smallest absolute Gasteiger partial charge is 0.320 e. The molecule has 0 amide bonds. The summed E-state index contributed by atoms with van der Waals surface area (Å²) in [6, 6.07) is 0. The summed E-state index contributed by atoms with van der Waals surface area (Å²) >= 11 is 0. The summed E-state index contributed by atoms with van der Waals surface area (Å²) in [5, 5.41) is 21.3. The highest BCUT2D eigenvalue weighted by Gasteiger charge is 2.03. The summed E-state index contributed by atoms with van der Waals surface area (Å²) in [7, 11) is -2.79.